The first-order valence-electron chi connectivity index (χ1n) is 5.35. The van der Waals surface area contributed by atoms with Gasteiger partial charge in [0.1, 0.15) is 5.75 Å². The van der Waals surface area contributed by atoms with Crippen molar-refractivity contribution in [3.63, 3.8) is 0 Å². The molecule has 5 nitrogen and oxygen atoms in total. The van der Waals surface area contributed by atoms with Gasteiger partial charge in [-0.05, 0) is 24.1 Å². The van der Waals surface area contributed by atoms with Gasteiger partial charge in [0.2, 0.25) is 5.91 Å². The van der Waals surface area contributed by atoms with E-state index in [4.69, 9.17) is 9.84 Å². The second-order valence-electron chi connectivity index (χ2n) is 3.69. The van der Waals surface area contributed by atoms with Gasteiger partial charge in [-0.25, -0.2) is 4.79 Å². The van der Waals surface area contributed by atoms with Gasteiger partial charge in [-0.1, -0.05) is 12.1 Å². The zero-order valence-corrected chi connectivity index (χ0v) is 10.3. The number of carboxylic acid groups (broad SMARTS) is 1. The minimum Gasteiger partial charge on any atom is -0.496 e. The fourth-order valence-electron chi connectivity index (χ4n) is 1.45. The fraction of sp³-hybridized carbons (Fsp3) is 0.231. The average molecular weight is 249 g/mol. The van der Waals surface area contributed by atoms with Crippen LogP contribution in [0.5, 0.6) is 5.75 Å². The van der Waals surface area contributed by atoms with Gasteiger partial charge < -0.3 is 15.2 Å². The monoisotopic (exact) mass is 249 g/mol. The first-order chi connectivity index (χ1) is 8.52. The Balaban J connectivity index is 2.56. The van der Waals surface area contributed by atoms with Crippen LogP contribution in [0, 0.1) is 6.92 Å². The second-order valence-corrected chi connectivity index (χ2v) is 3.69. The Morgan fingerprint density at radius 2 is 2.11 bits per heavy atom. The molecule has 0 aromatic heterocycles. The molecule has 1 rings (SSSR count). The van der Waals surface area contributed by atoms with Crippen LogP contribution >= 0.6 is 0 Å². The molecule has 0 aliphatic rings. The average Bonchev–Trinajstić information content (AvgIpc) is 2.34. The Hall–Kier alpha value is -2.30. The van der Waals surface area contributed by atoms with Crippen LogP contribution < -0.4 is 10.1 Å². The molecule has 0 fully saturated rings. The number of carboxylic acids is 1. The molecule has 96 valence electrons. The summed E-state index contributed by atoms with van der Waals surface area (Å²) in [6.07, 6.45) is 1.79. The summed E-state index contributed by atoms with van der Waals surface area (Å²) < 4.78 is 5.13. The number of methoxy groups -OCH3 is 1. The number of rotatable bonds is 5. The van der Waals surface area contributed by atoms with Crippen molar-refractivity contribution in [2.45, 2.75) is 13.5 Å². The number of carbonyl (C=O) groups is 2. The third-order valence-electron chi connectivity index (χ3n) is 2.30. The van der Waals surface area contributed by atoms with Gasteiger partial charge in [0.15, 0.2) is 0 Å². The smallest absolute Gasteiger partial charge is 0.328 e. The number of amides is 1. The van der Waals surface area contributed by atoms with Crippen LogP contribution in [0.25, 0.3) is 0 Å². The van der Waals surface area contributed by atoms with Gasteiger partial charge in [-0.3, -0.25) is 4.79 Å². The summed E-state index contributed by atoms with van der Waals surface area (Å²) in [6.45, 7) is 2.25. The molecule has 0 saturated carbocycles. The van der Waals surface area contributed by atoms with Crippen molar-refractivity contribution in [1.82, 2.24) is 5.32 Å². The minimum absolute atomic E-state index is 0.341. The number of hydrogen-bond donors (Lipinski definition) is 2. The van der Waals surface area contributed by atoms with E-state index in [-0.39, 0.29) is 0 Å². The molecule has 0 saturated heterocycles. The zero-order valence-electron chi connectivity index (χ0n) is 10.3. The molecule has 0 aliphatic carbocycles. The molecule has 0 heterocycles. The number of ether oxygens (including phenoxy) is 1. The van der Waals surface area contributed by atoms with Crippen LogP contribution in [-0.2, 0) is 16.1 Å². The number of nitrogens with one attached hydrogen (secondary N) is 1. The summed E-state index contributed by atoms with van der Waals surface area (Å²) in [7, 11) is 1.60. The van der Waals surface area contributed by atoms with Gasteiger partial charge in [0, 0.05) is 18.7 Å². The van der Waals surface area contributed by atoms with E-state index in [9.17, 15) is 9.59 Å². The van der Waals surface area contributed by atoms with E-state index in [0.29, 0.717) is 6.54 Å². The van der Waals surface area contributed by atoms with Crippen molar-refractivity contribution in [3.05, 3.63) is 41.5 Å². The molecule has 5 heteroatoms. The predicted octanol–water partition coefficient (Wildman–Crippen LogP) is 1.26. The van der Waals surface area contributed by atoms with E-state index in [1.165, 1.54) is 0 Å². The standard InChI is InChI=1S/C13H15NO4/c1-9-7-10(3-4-11(9)18-2)8-14-12(15)5-6-13(16)17/h3-7H,8H2,1-2H3,(H,14,15)(H,16,17)/b6-5+. The highest BCUT2D eigenvalue weighted by atomic mass is 16.5. The quantitative estimate of drug-likeness (QED) is 0.770. The Bertz CT molecular complexity index is 480. The molecule has 0 bridgehead atoms. The van der Waals surface area contributed by atoms with Crippen molar-refractivity contribution in [3.8, 4) is 5.75 Å². The Labute approximate surface area is 105 Å². The van der Waals surface area contributed by atoms with Gasteiger partial charge in [0.25, 0.3) is 0 Å². The topological polar surface area (TPSA) is 75.6 Å². The van der Waals surface area contributed by atoms with E-state index in [1.54, 1.807) is 7.11 Å². The molecule has 0 unspecified atom stereocenters. The number of benzene rings is 1. The summed E-state index contributed by atoms with van der Waals surface area (Å²) in [5.74, 6) is -0.799. The van der Waals surface area contributed by atoms with Crippen molar-refractivity contribution in [2.75, 3.05) is 7.11 Å². The molecule has 2 N–H and O–H groups in total. The van der Waals surface area contributed by atoms with E-state index < -0.39 is 11.9 Å². The SMILES string of the molecule is COc1ccc(CNC(=O)/C=C/C(=O)O)cc1C. The first kappa shape index (κ1) is 13.8. The molecule has 0 aliphatic heterocycles. The molecular formula is C13H15NO4. The fourth-order valence-corrected chi connectivity index (χ4v) is 1.45. The summed E-state index contributed by atoms with van der Waals surface area (Å²) in [4.78, 5) is 21.5. The highest BCUT2D eigenvalue weighted by Gasteiger charge is 2.01. The van der Waals surface area contributed by atoms with Gasteiger partial charge in [-0.2, -0.15) is 0 Å². The number of aryl methyl sites for hydroxylation is 1. The highest BCUT2D eigenvalue weighted by Crippen LogP contribution is 2.18. The largest absolute Gasteiger partial charge is 0.496 e. The van der Waals surface area contributed by atoms with Crippen LogP contribution in [-0.4, -0.2) is 24.1 Å². The first-order valence-corrected chi connectivity index (χ1v) is 5.35. The molecule has 0 atom stereocenters. The number of carbonyl (C=O) groups excluding carboxylic acids is 1. The summed E-state index contributed by atoms with van der Waals surface area (Å²) >= 11 is 0. The number of hydrogen-bond acceptors (Lipinski definition) is 3. The normalized spacial score (nSPS) is 10.3. The lowest BCUT2D eigenvalue weighted by molar-refractivity contribution is -0.131. The van der Waals surface area contributed by atoms with Crippen LogP contribution in [0.3, 0.4) is 0 Å². The van der Waals surface area contributed by atoms with Gasteiger partial charge >= 0.3 is 5.97 Å². The Morgan fingerprint density at radius 1 is 1.39 bits per heavy atom. The van der Waals surface area contributed by atoms with Gasteiger partial charge in [0.05, 0.1) is 7.11 Å². The van der Waals surface area contributed by atoms with Crippen LogP contribution in [0.2, 0.25) is 0 Å². The second kappa shape index (κ2) is 6.44. The van der Waals surface area contributed by atoms with E-state index in [0.717, 1.165) is 29.0 Å². The molecule has 1 aromatic carbocycles. The van der Waals surface area contributed by atoms with Gasteiger partial charge in [-0.15, -0.1) is 0 Å². The lowest BCUT2D eigenvalue weighted by Crippen LogP contribution is -2.20. The van der Waals surface area contributed by atoms with E-state index >= 15 is 0 Å². The predicted molar refractivity (Wildman–Crippen MR) is 66.4 cm³/mol. The van der Waals surface area contributed by atoms with E-state index in [2.05, 4.69) is 5.32 Å². The highest BCUT2D eigenvalue weighted by molar-refractivity contribution is 5.93. The van der Waals surface area contributed by atoms with Crippen molar-refractivity contribution in [1.29, 1.82) is 0 Å². The molecule has 0 radical (unpaired) electrons. The van der Waals surface area contributed by atoms with Crippen LogP contribution in [0.1, 0.15) is 11.1 Å². The van der Waals surface area contributed by atoms with Crippen molar-refractivity contribution < 1.29 is 19.4 Å². The lowest BCUT2D eigenvalue weighted by Gasteiger charge is -2.07. The molecule has 0 spiro atoms. The molecule has 1 amide bonds. The minimum atomic E-state index is -1.15. The maximum atomic E-state index is 11.2. The summed E-state index contributed by atoms with van der Waals surface area (Å²) in [6, 6.07) is 5.57. The Kier molecular flexibility index (Phi) is 4.92. The maximum absolute atomic E-state index is 11.2. The summed E-state index contributed by atoms with van der Waals surface area (Å²) in [5, 5.41) is 11.0. The molecule has 18 heavy (non-hydrogen) atoms. The van der Waals surface area contributed by atoms with Crippen molar-refractivity contribution in [2.24, 2.45) is 0 Å². The zero-order chi connectivity index (χ0) is 13.5. The third kappa shape index (κ3) is 4.29. The third-order valence-corrected chi connectivity index (χ3v) is 2.30. The maximum Gasteiger partial charge on any atom is 0.328 e. The molecular weight excluding hydrogens is 234 g/mol. The molecule has 1 aromatic rings. The van der Waals surface area contributed by atoms with Crippen LogP contribution in [0.15, 0.2) is 30.4 Å². The summed E-state index contributed by atoms with van der Waals surface area (Å²) in [5.41, 5.74) is 1.90. The Morgan fingerprint density at radius 3 is 2.67 bits per heavy atom. The van der Waals surface area contributed by atoms with E-state index in [1.807, 2.05) is 25.1 Å². The van der Waals surface area contributed by atoms with Crippen molar-refractivity contribution >= 4 is 11.9 Å². The van der Waals surface area contributed by atoms with Crippen LogP contribution in [0.4, 0.5) is 0 Å². The lowest BCUT2D eigenvalue weighted by atomic mass is 10.1. The number of aliphatic carboxylic acids is 1.